The van der Waals surface area contributed by atoms with Crippen molar-refractivity contribution >= 4 is 20.3 Å². The minimum Gasteiger partial charge on any atom is -0.497 e. The predicted octanol–water partition coefficient (Wildman–Crippen LogP) is 6.66. The number of carbonyl (C=O) groups excluding carboxylic acids is 1. The smallest absolute Gasteiger partial charge is 0.351 e. The molecule has 2 heterocycles. The van der Waals surface area contributed by atoms with Gasteiger partial charge in [0.15, 0.2) is 0 Å². The van der Waals surface area contributed by atoms with Crippen LogP contribution >= 0.6 is 8.53 Å². The van der Waals surface area contributed by atoms with E-state index in [9.17, 15) is 20.0 Å². The average molecular weight is 772 g/mol. The first-order valence-electron chi connectivity index (χ1n) is 18.3. The van der Waals surface area contributed by atoms with Gasteiger partial charge in [-0.05, 0) is 68.1 Å². The summed E-state index contributed by atoms with van der Waals surface area (Å²) in [5.74, 6) is 0.476. The van der Waals surface area contributed by atoms with E-state index in [-0.39, 0.29) is 56.5 Å². The van der Waals surface area contributed by atoms with Crippen LogP contribution in [0, 0.1) is 11.3 Å². The van der Waals surface area contributed by atoms with Crippen molar-refractivity contribution in [2.24, 2.45) is 0 Å². The van der Waals surface area contributed by atoms with Crippen LogP contribution in [0.5, 0.6) is 5.75 Å². The van der Waals surface area contributed by atoms with E-state index in [1.165, 1.54) is 11.5 Å². The number of carbonyl (C=O) groups is 1. The second-order valence-corrected chi connectivity index (χ2v) is 15.1. The maximum Gasteiger partial charge on any atom is 0.351 e. The van der Waals surface area contributed by atoms with Gasteiger partial charge >= 0.3 is 5.69 Å². The van der Waals surface area contributed by atoms with Gasteiger partial charge in [-0.15, -0.1) is 0 Å². The van der Waals surface area contributed by atoms with Crippen molar-refractivity contribution in [1.82, 2.24) is 14.2 Å². The predicted molar refractivity (Wildman–Crippen MR) is 209 cm³/mol. The number of anilines is 1. The molecule has 1 aliphatic heterocycles. The highest BCUT2D eigenvalue weighted by Gasteiger charge is 2.45. The number of aliphatic hydroxyl groups excluding tert-OH is 1. The van der Waals surface area contributed by atoms with Crippen molar-refractivity contribution in [2.45, 2.75) is 90.2 Å². The second-order valence-electron chi connectivity index (χ2n) is 13.7. The molecular formula is C41H50N5O8P. The number of aromatic nitrogens is 2. The number of nitrogens with zero attached hydrogens (tertiary/aromatic N) is 4. The van der Waals surface area contributed by atoms with E-state index >= 15 is 0 Å². The van der Waals surface area contributed by atoms with Crippen LogP contribution in [0.3, 0.4) is 0 Å². The number of benzene rings is 3. The summed E-state index contributed by atoms with van der Waals surface area (Å²) < 4.78 is 36.1. The molecule has 1 amide bonds. The summed E-state index contributed by atoms with van der Waals surface area (Å²) >= 11 is 0. The zero-order chi connectivity index (χ0) is 39.5. The summed E-state index contributed by atoms with van der Waals surface area (Å²) in [7, 11) is -0.0706. The molecule has 1 aromatic heterocycles. The van der Waals surface area contributed by atoms with Crippen molar-refractivity contribution in [3.8, 4) is 11.8 Å². The lowest BCUT2D eigenvalue weighted by molar-refractivity contribution is -0.114. The summed E-state index contributed by atoms with van der Waals surface area (Å²) in [5.41, 5.74) is 1.48. The lowest BCUT2D eigenvalue weighted by Gasteiger charge is -2.39. The Morgan fingerprint density at radius 3 is 2.24 bits per heavy atom. The van der Waals surface area contributed by atoms with Crippen molar-refractivity contribution in [3.63, 3.8) is 0 Å². The van der Waals surface area contributed by atoms with Crippen LogP contribution in [-0.2, 0) is 35.5 Å². The molecule has 13 nitrogen and oxygen atoms in total. The fraction of sp³-hybridized carbons (Fsp3) is 0.415. The first-order chi connectivity index (χ1) is 26.5. The highest BCUT2D eigenvalue weighted by atomic mass is 31.2. The minimum absolute atomic E-state index is 0.0146. The largest absolute Gasteiger partial charge is 0.497 e. The number of ether oxygens (including phenoxy) is 3. The Hall–Kier alpha value is -4.51. The Balaban J connectivity index is 1.59. The molecule has 0 radical (unpaired) electrons. The molecule has 3 aromatic carbocycles. The van der Waals surface area contributed by atoms with E-state index in [4.69, 9.17) is 23.3 Å². The van der Waals surface area contributed by atoms with Gasteiger partial charge in [0.2, 0.25) is 5.91 Å². The zero-order valence-electron chi connectivity index (χ0n) is 32.1. The third-order valence-corrected chi connectivity index (χ3v) is 11.4. The molecule has 1 fully saturated rings. The SMILES string of the molecule is COc1ccc(C(OC[C@H]2O[C@@H](n3ccc(NC(C)=O)nc3=O)CC2OP(OCCC#N)N(C(C)C)C(C)C)(c2ccccc2)c2ccc(CO)cc2)cc1. The van der Waals surface area contributed by atoms with E-state index in [1.807, 2.05) is 78.9 Å². The molecular weight excluding hydrogens is 721 g/mol. The minimum atomic E-state index is -1.69. The topological polar surface area (TPSA) is 157 Å². The molecule has 0 saturated carbocycles. The highest BCUT2D eigenvalue weighted by Crippen LogP contribution is 2.50. The Morgan fingerprint density at radius 2 is 1.67 bits per heavy atom. The van der Waals surface area contributed by atoms with Crippen LogP contribution in [0.2, 0.25) is 0 Å². The monoisotopic (exact) mass is 771 g/mol. The molecule has 1 saturated heterocycles. The first-order valence-corrected chi connectivity index (χ1v) is 19.4. The Morgan fingerprint density at radius 1 is 1.04 bits per heavy atom. The third-order valence-electron chi connectivity index (χ3n) is 9.20. The number of nitrogens with one attached hydrogen (secondary N) is 1. The molecule has 5 rings (SSSR count). The molecule has 1 aliphatic rings. The maximum absolute atomic E-state index is 13.3. The Labute approximate surface area is 323 Å². The van der Waals surface area contributed by atoms with Crippen molar-refractivity contribution in [2.75, 3.05) is 25.6 Å². The number of nitriles is 1. The molecule has 5 atom stereocenters. The van der Waals surface area contributed by atoms with E-state index in [1.54, 1.807) is 19.4 Å². The van der Waals surface area contributed by atoms with E-state index in [0.717, 1.165) is 22.3 Å². The standard InChI is InChI=1S/C41H50N5O8P/c1-28(2)46(29(3)4)55(52-24-10-22-42)54-36-25-39(45-23-21-38(43-30(5)48)44-40(45)49)53-37(36)27-51-41(32-11-8-7-9-12-32,33-15-13-31(26-47)14-16-33)34-17-19-35(50-6)20-18-34/h7-9,11-21,23,28-29,36-37,39,47H,10,24-27H2,1-6H3,(H,43,44,48,49)/t36?,37-,39-,41?,55?/m1/s1. The fourth-order valence-electron chi connectivity index (χ4n) is 6.72. The van der Waals surface area contributed by atoms with E-state index < -0.39 is 38.3 Å². The number of hydrogen-bond donors (Lipinski definition) is 2. The first kappa shape index (κ1) is 41.6. The zero-order valence-corrected chi connectivity index (χ0v) is 33.0. The van der Waals surface area contributed by atoms with Gasteiger partial charge in [-0.1, -0.05) is 66.7 Å². The van der Waals surface area contributed by atoms with Gasteiger partial charge in [0.25, 0.3) is 8.53 Å². The fourth-order valence-corrected chi connectivity index (χ4v) is 8.48. The Bertz CT molecular complexity index is 1880. The molecule has 0 aliphatic carbocycles. The maximum atomic E-state index is 13.3. The van der Waals surface area contributed by atoms with E-state index in [2.05, 4.69) is 48.7 Å². The molecule has 0 spiro atoms. The summed E-state index contributed by atoms with van der Waals surface area (Å²) in [6.45, 7) is 9.69. The van der Waals surface area contributed by atoms with Crippen molar-refractivity contribution in [3.05, 3.63) is 124 Å². The van der Waals surface area contributed by atoms with Crippen LogP contribution < -0.4 is 15.7 Å². The highest BCUT2D eigenvalue weighted by molar-refractivity contribution is 7.44. The van der Waals surface area contributed by atoms with Gasteiger partial charge in [0.1, 0.15) is 29.5 Å². The second kappa shape index (κ2) is 19.4. The van der Waals surface area contributed by atoms with Crippen LogP contribution in [0.15, 0.2) is 95.9 Å². The number of amides is 1. The number of methoxy groups -OCH3 is 1. The van der Waals surface area contributed by atoms with Crippen molar-refractivity contribution < 1.29 is 33.2 Å². The normalized spacial score (nSPS) is 18.6. The van der Waals surface area contributed by atoms with Crippen LogP contribution in [0.1, 0.15) is 75.9 Å². The van der Waals surface area contributed by atoms with Crippen molar-refractivity contribution in [1.29, 1.82) is 5.26 Å². The van der Waals surface area contributed by atoms with Gasteiger partial charge in [0, 0.05) is 31.6 Å². The molecule has 55 heavy (non-hydrogen) atoms. The number of rotatable bonds is 18. The summed E-state index contributed by atoms with van der Waals surface area (Å²) in [6.07, 6.45) is -0.131. The van der Waals surface area contributed by atoms with Gasteiger partial charge in [0.05, 0.1) is 45.5 Å². The number of hydrogen-bond acceptors (Lipinski definition) is 11. The lowest BCUT2D eigenvalue weighted by Crippen LogP contribution is -2.39. The molecule has 0 bridgehead atoms. The quantitative estimate of drug-likeness (QED) is 0.0634. The molecule has 2 N–H and O–H groups in total. The summed E-state index contributed by atoms with van der Waals surface area (Å²) in [4.78, 5) is 29.1. The average Bonchev–Trinajstić information content (AvgIpc) is 3.57. The van der Waals surface area contributed by atoms with Crippen LogP contribution in [0.25, 0.3) is 0 Å². The summed E-state index contributed by atoms with van der Waals surface area (Å²) in [6, 6.07) is 29.0. The molecule has 14 heteroatoms. The summed E-state index contributed by atoms with van der Waals surface area (Å²) in [5, 5.41) is 21.7. The van der Waals surface area contributed by atoms with Gasteiger partial charge < -0.3 is 33.7 Å². The molecule has 3 unspecified atom stereocenters. The van der Waals surface area contributed by atoms with E-state index in [0.29, 0.717) is 5.75 Å². The molecule has 292 valence electrons. The third kappa shape index (κ3) is 10.0. The van der Waals surface area contributed by atoms with Crippen LogP contribution in [-0.4, -0.2) is 69.9 Å². The van der Waals surface area contributed by atoms with Gasteiger partial charge in [-0.25, -0.2) is 9.46 Å². The molecule has 4 aromatic rings. The van der Waals surface area contributed by atoms with Gasteiger partial charge in [-0.2, -0.15) is 10.2 Å². The lowest BCUT2D eigenvalue weighted by atomic mass is 9.79. The number of aliphatic hydroxyl groups is 1. The van der Waals surface area contributed by atoms with Crippen LogP contribution in [0.4, 0.5) is 5.82 Å². The Kier molecular flexibility index (Phi) is 14.7. The van der Waals surface area contributed by atoms with Gasteiger partial charge in [-0.3, -0.25) is 9.36 Å².